The van der Waals surface area contributed by atoms with E-state index in [1.54, 1.807) is 52.4 Å². The van der Waals surface area contributed by atoms with Crippen LogP contribution in [0.5, 0.6) is 0 Å². The molecule has 3 aromatic rings. The van der Waals surface area contributed by atoms with Gasteiger partial charge in [-0.2, -0.15) is 10.3 Å². The molecule has 0 radical (unpaired) electrons. The van der Waals surface area contributed by atoms with Crippen molar-refractivity contribution in [3.8, 4) is 17.2 Å². The Hall–Kier alpha value is -4.91. The third kappa shape index (κ3) is 6.38. The summed E-state index contributed by atoms with van der Waals surface area (Å²) in [6.07, 6.45) is 7.96. The van der Waals surface area contributed by atoms with Crippen molar-refractivity contribution in [1.82, 2.24) is 15.3 Å². The maximum atomic E-state index is 15.0. The molecule has 4 rings (SSSR count). The van der Waals surface area contributed by atoms with Crippen molar-refractivity contribution in [3.63, 3.8) is 0 Å². The number of amides is 2. The van der Waals surface area contributed by atoms with Crippen LogP contribution in [-0.2, 0) is 10.2 Å². The Kier molecular flexibility index (Phi) is 8.05. The van der Waals surface area contributed by atoms with E-state index in [4.69, 9.17) is 5.73 Å². The van der Waals surface area contributed by atoms with Crippen LogP contribution in [-0.4, -0.2) is 34.7 Å². The molecule has 0 bridgehead atoms. The van der Waals surface area contributed by atoms with E-state index in [9.17, 15) is 19.2 Å². The molecule has 10 heteroatoms. The summed E-state index contributed by atoms with van der Waals surface area (Å²) in [5.41, 5.74) is 9.04. The molecule has 0 atom stereocenters. The van der Waals surface area contributed by atoms with Gasteiger partial charge in [-0.15, -0.1) is 0 Å². The van der Waals surface area contributed by atoms with Gasteiger partial charge in [0.1, 0.15) is 11.7 Å². The molecule has 0 spiro atoms. The SMILES string of the molecule is CN/C(=C\C(N)=NC(=O)C1CC1)c1cncc(-c2cc(NC(=O)c3ccnc(C(C)(C)C#N)c3)c(F)cc2C)c1. The number of carbonyl (C=O) groups is 2. The lowest BCUT2D eigenvalue weighted by Gasteiger charge is -2.16. The van der Waals surface area contributed by atoms with Gasteiger partial charge in [0.25, 0.3) is 11.8 Å². The number of hydrogen-bond donors (Lipinski definition) is 3. The van der Waals surface area contributed by atoms with E-state index < -0.39 is 17.1 Å². The molecule has 2 aromatic heterocycles. The highest BCUT2D eigenvalue weighted by Gasteiger charge is 2.29. The summed E-state index contributed by atoms with van der Waals surface area (Å²) >= 11 is 0. The molecule has 1 aliphatic rings. The minimum absolute atomic E-state index is 0.00624. The van der Waals surface area contributed by atoms with E-state index in [-0.39, 0.29) is 28.9 Å². The molecule has 9 nitrogen and oxygen atoms in total. The van der Waals surface area contributed by atoms with Crippen LogP contribution in [0.3, 0.4) is 0 Å². The second kappa shape index (κ2) is 11.5. The summed E-state index contributed by atoms with van der Waals surface area (Å²) in [5.74, 6) is -1.29. The number of halogens is 1. The average Bonchev–Trinajstić information content (AvgIpc) is 3.79. The van der Waals surface area contributed by atoms with Gasteiger partial charge in [0.2, 0.25) is 0 Å². The number of nitriles is 1. The monoisotopic (exact) mass is 539 g/mol. The smallest absolute Gasteiger partial charge is 0.255 e. The zero-order valence-electron chi connectivity index (χ0n) is 22.7. The molecule has 40 heavy (non-hydrogen) atoms. The van der Waals surface area contributed by atoms with Crippen molar-refractivity contribution in [2.75, 3.05) is 12.4 Å². The van der Waals surface area contributed by atoms with Crippen LogP contribution in [0.15, 0.2) is 60.0 Å². The van der Waals surface area contributed by atoms with Crippen molar-refractivity contribution < 1.29 is 14.0 Å². The fourth-order valence-electron chi connectivity index (χ4n) is 4.01. The number of anilines is 1. The lowest BCUT2D eigenvalue weighted by molar-refractivity contribution is -0.118. The molecular weight excluding hydrogens is 509 g/mol. The molecule has 2 amide bonds. The molecule has 1 aliphatic carbocycles. The first kappa shape index (κ1) is 28.1. The van der Waals surface area contributed by atoms with Gasteiger partial charge in [0.15, 0.2) is 0 Å². The number of aryl methyl sites for hydroxylation is 1. The van der Waals surface area contributed by atoms with Crippen LogP contribution in [0.4, 0.5) is 10.1 Å². The second-order valence-electron chi connectivity index (χ2n) is 10.2. The Bertz CT molecular complexity index is 1580. The number of nitrogens with two attached hydrogens (primary N) is 1. The van der Waals surface area contributed by atoms with Crippen LogP contribution in [0.1, 0.15) is 53.9 Å². The van der Waals surface area contributed by atoms with E-state index >= 15 is 0 Å². The molecule has 204 valence electrons. The molecule has 4 N–H and O–H groups in total. The van der Waals surface area contributed by atoms with Crippen LogP contribution >= 0.6 is 0 Å². The molecule has 0 unspecified atom stereocenters. The van der Waals surface area contributed by atoms with E-state index in [0.717, 1.165) is 12.8 Å². The number of aliphatic imine (C=N–C) groups is 1. The molecular formula is C30H30FN7O2. The number of benzene rings is 1. The van der Waals surface area contributed by atoms with Crippen molar-refractivity contribution in [1.29, 1.82) is 5.26 Å². The Morgan fingerprint density at radius 1 is 1.20 bits per heavy atom. The van der Waals surface area contributed by atoms with Crippen LogP contribution < -0.4 is 16.4 Å². The summed E-state index contributed by atoms with van der Waals surface area (Å²) in [6.45, 7) is 5.17. The maximum Gasteiger partial charge on any atom is 0.255 e. The first-order valence-corrected chi connectivity index (χ1v) is 12.7. The standard InChI is InChI=1S/C30H30FN7O2/c1-17-9-23(31)25(37-29(40)19-7-8-36-26(11-19)30(2,3)16-32)12-22(17)20-10-21(15-35-14-20)24(34-4)13-27(33)38-28(39)18-5-6-18/h7-15,18,34H,5-6H2,1-4H3,(H,37,40)(H2,33,38,39)/b24-13-. The molecule has 1 fully saturated rings. The summed E-state index contributed by atoms with van der Waals surface area (Å²) < 4.78 is 15.0. The van der Waals surface area contributed by atoms with Crippen LogP contribution in [0, 0.1) is 30.0 Å². The predicted octanol–water partition coefficient (Wildman–Crippen LogP) is 4.50. The summed E-state index contributed by atoms with van der Waals surface area (Å²) in [5, 5.41) is 15.1. The molecule has 1 saturated carbocycles. The molecule has 1 aromatic carbocycles. The summed E-state index contributed by atoms with van der Waals surface area (Å²) in [7, 11) is 1.72. The normalized spacial score (nSPS) is 13.9. The van der Waals surface area contributed by atoms with Crippen molar-refractivity contribution in [2.45, 2.75) is 39.0 Å². The van der Waals surface area contributed by atoms with Crippen LogP contribution in [0.2, 0.25) is 0 Å². The van der Waals surface area contributed by atoms with Gasteiger partial charge in [-0.05, 0) is 75.1 Å². The first-order chi connectivity index (χ1) is 19.0. The van der Waals surface area contributed by atoms with Gasteiger partial charge in [0.05, 0.1) is 22.9 Å². The van der Waals surface area contributed by atoms with Gasteiger partial charge in [-0.1, -0.05) is 0 Å². The van der Waals surface area contributed by atoms with Crippen molar-refractivity contribution >= 4 is 29.0 Å². The fourth-order valence-corrected chi connectivity index (χ4v) is 4.01. The lowest BCUT2D eigenvalue weighted by Crippen LogP contribution is -2.19. The Morgan fingerprint density at radius 2 is 1.95 bits per heavy atom. The van der Waals surface area contributed by atoms with Gasteiger partial charge in [-0.3, -0.25) is 19.6 Å². The topological polar surface area (TPSA) is 146 Å². The van der Waals surface area contributed by atoms with Gasteiger partial charge >= 0.3 is 0 Å². The number of amidine groups is 1. The maximum absolute atomic E-state index is 15.0. The molecule has 0 saturated heterocycles. The first-order valence-electron chi connectivity index (χ1n) is 12.7. The number of rotatable bonds is 8. The zero-order valence-corrected chi connectivity index (χ0v) is 22.7. The fraction of sp³-hybridized carbons (Fsp3) is 0.267. The number of hydrogen-bond acceptors (Lipinski definition) is 6. The van der Waals surface area contributed by atoms with Crippen molar-refractivity contribution in [3.05, 3.63) is 83.2 Å². The highest BCUT2D eigenvalue weighted by Crippen LogP contribution is 2.31. The lowest BCUT2D eigenvalue weighted by atomic mass is 9.90. The number of carbonyl (C=O) groups excluding carboxylic acids is 2. The van der Waals surface area contributed by atoms with E-state index in [1.165, 1.54) is 24.4 Å². The highest BCUT2D eigenvalue weighted by atomic mass is 19.1. The van der Waals surface area contributed by atoms with Gasteiger partial charge in [-0.25, -0.2) is 4.39 Å². The zero-order chi connectivity index (χ0) is 29.0. The van der Waals surface area contributed by atoms with E-state index in [1.807, 2.05) is 6.07 Å². The Balaban J connectivity index is 1.63. The minimum atomic E-state index is -0.888. The second-order valence-corrected chi connectivity index (χ2v) is 10.2. The molecule has 2 heterocycles. The summed E-state index contributed by atoms with van der Waals surface area (Å²) in [6, 6.07) is 9.93. The quantitative estimate of drug-likeness (QED) is 0.282. The third-order valence-electron chi connectivity index (χ3n) is 6.59. The van der Waals surface area contributed by atoms with E-state index in [2.05, 4.69) is 31.7 Å². The number of pyridine rings is 2. The van der Waals surface area contributed by atoms with Crippen LogP contribution in [0.25, 0.3) is 16.8 Å². The summed E-state index contributed by atoms with van der Waals surface area (Å²) in [4.78, 5) is 37.5. The number of aromatic nitrogens is 2. The third-order valence-corrected chi connectivity index (χ3v) is 6.59. The highest BCUT2D eigenvalue weighted by molar-refractivity contribution is 6.05. The van der Waals surface area contributed by atoms with E-state index in [0.29, 0.717) is 33.6 Å². The largest absolute Gasteiger partial charge is 0.387 e. The predicted molar refractivity (Wildman–Crippen MR) is 152 cm³/mol. The molecule has 0 aliphatic heterocycles. The van der Waals surface area contributed by atoms with Crippen molar-refractivity contribution in [2.24, 2.45) is 16.6 Å². The number of nitrogens with zero attached hydrogens (tertiary/aromatic N) is 4. The average molecular weight is 540 g/mol. The van der Waals surface area contributed by atoms with Gasteiger partial charge in [0, 0.05) is 60.0 Å². The minimum Gasteiger partial charge on any atom is -0.387 e. The Labute approximate surface area is 232 Å². The van der Waals surface area contributed by atoms with Gasteiger partial charge < -0.3 is 16.4 Å². The number of nitrogens with one attached hydrogen (secondary N) is 2. The Morgan fingerprint density at radius 3 is 2.62 bits per heavy atom.